The molecular weight excluding hydrogens is 412 g/mol. The predicted octanol–water partition coefficient (Wildman–Crippen LogP) is 6.22. The Kier molecular flexibility index (Phi) is 5.02. The number of rotatable bonds is 3. The van der Waals surface area contributed by atoms with Crippen LogP contribution in [-0.2, 0) is 6.18 Å². The highest BCUT2D eigenvalue weighted by Gasteiger charge is 2.31. The molecule has 4 rings (SSSR count). The van der Waals surface area contributed by atoms with Gasteiger partial charge in [0.1, 0.15) is 5.82 Å². The summed E-state index contributed by atoms with van der Waals surface area (Å²) in [5.74, 6) is -0.975. The lowest BCUT2D eigenvalue weighted by molar-refractivity contribution is -0.137. The summed E-state index contributed by atoms with van der Waals surface area (Å²) in [6.07, 6.45) is -2.82. The van der Waals surface area contributed by atoms with Crippen LogP contribution in [0.25, 0.3) is 22.0 Å². The maximum absolute atomic E-state index is 13.8. The van der Waals surface area contributed by atoms with E-state index in [0.29, 0.717) is 29.6 Å². The molecule has 2 amide bonds. The predicted molar refractivity (Wildman–Crippen MR) is 112 cm³/mol. The number of hydrogen-bond acceptors (Lipinski definition) is 2. The van der Waals surface area contributed by atoms with Crippen LogP contribution in [0, 0.1) is 5.82 Å². The zero-order valence-electron chi connectivity index (χ0n) is 15.8. The summed E-state index contributed by atoms with van der Waals surface area (Å²) in [5.41, 5.74) is 7.94. The number of aromatic nitrogens is 1. The number of amides is 2. The van der Waals surface area contributed by atoms with Crippen LogP contribution in [-0.4, -0.2) is 11.0 Å². The molecule has 1 heterocycles. The first-order valence-corrected chi connectivity index (χ1v) is 9.13. The van der Waals surface area contributed by atoms with Crippen molar-refractivity contribution >= 4 is 34.0 Å². The summed E-state index contributed by atoms with van der Waals surface area (Å²) >= 11 is 0. The lowest BCUT2D eigenvalue weighted by Crippen LogP contribution is -2.20. The topological polar surface area (TPSA) is 82.9 Å². The van der Waals surface area contributed by atoms with Gasteiger partial charge < -0.3 is 21.4 Å². The number of benzene rings is 3. The zero-order chi connectivity index (χ0) is 22.2. The molecule has 0 atom stereocenters. The molecule has 0 fully saturated rings. The number of fused-ring (bicyclic) bond motifs is 1. The van der Waals surface area contributed by atoms with Gasteiger partial charge in [-0.05, 0) is 42.0 Å². The van der Waals surface area contributed by atoms with Crippen LogP contribution in [0.2, 0.25) is 0 Å². The summed E-state index contributed by atoms with van der Waals surface area (Å²) < 4.78 is 52.2. The number of carbonyl (C=O) groups excluding carboxylic acids is 1. The van der Waals surface area contributed by atoms with E-state index in [9.17, 15) is 22.4 Å². The first-order chi connectivity index (χ1) is 14.7. The number of nitrogens with two attached hydrogens (primary N) is 1. The Morgan fingerprint density at radius 1 is 0.968 bits per heavy atom. The minimum Gasteiger partial charge on any atom is -0.397 e. The number of para-hydroxylation sites is 1. The SMILES string of the molecule is Nc1cccc2c(-c3ccc(NC(=O)Nc4cc(C(F)(F)F)ccc4F)cc3)c[nH]c12. The van der Waals surface area contributed by atoms with Crippen molar-refractivity contribution in [1.82, 2.24) is 4.98 Å². The Labute approximate surface area is 173 Å². The summed E-state index contributed by atoms with van der Waals surface area (Å²) in [4.78, 5) is 15.3. The molecule has 3 aromatic carbocycles. The van der Waals surface area contributed by atoms with Gasteiger partial charge in [0, 0.05) is 22.8 Å². The summed E-state index contributed by atoms with van der Waals surface area (Å²) in [5, 5.41) is 5.51. The van der Waals surface area contributed by atoms with Crippen molar-refractivity contribution in [2.75, 3.05) is 16.4 Å². The first-order valence-electron chi connectivity index (χ1n) is 9.13. The van der Waals surface area contributed by atoms with E-state index in [0.717, 1.165) is 22.0 Å². The second kappa shape index (κ2) is 7.67. The number of alkyl halides is 3. The number of hydrogen-bond donors (Lipinski definition) is 4. The van der Waals surface area contributed by atoms with E-state index >= 15 is 0 Å². The van der Waals surface area contributed by atoms with E-state index in [2.05, 4.69) is 15.6 Å². The largest absolute Gasteiger partial charge is 0.416 e. The van der Waals surface area contributed by atoms with Gasteiger partial charge in [0.2, 0.25) is 0 Å². The molecule has 0 saturated heterocycles. The standard InChI is InChI=1S/C22H16F4N4O/c23-17-9-6-13(22(24,25)26)10-19(17)30-21(31)29-14-7-4-12(5-8-14)16-11-28-20-15(16)2-1-3-18(20)27/h1-11,28H,27H2,(H2,29,30,31). The van der Waals surface area contributed by atoms with Gasteiger partial charge in [-0.25, -0.2) is 9.18 Å². The quantitative estimate of drug-likeness (QED) is 0.231. The van der Waals surface area contributed by atoms with Crippen molar-refractivity contribution < 1.29 is 22.4 Å². The van der Waals surface area contributed by atoms with Gasteiger partial charge in [0.25, 0.3) is 0 Å². The number of urea groups is 1. The molecule has 158 valence electrons. The maximum Gasteiger partial charge on any atom is 0.416 e. The molecule has 9 heteroatoms. The lowest BCUT2D eigenvalue weighted by Gasteiger charge is -2.12. The number of anilines is 3. The Balaban J connectivity index is 1.49. The van der Waals surface area contributed by atoms with Crippen LogP contribution >= 0.6 is 0 Å². The fourth-order valence-electron chi connectivity index (χ4n) is 3.23. The second-order valence-electron chi connectivity index (χ2n) is 6.82. The second-order valence-corrected chi connectivity index (χ2v) is 6.82. The van der Waals surface area contributed by atoms with Gasteiger partial charge in [-0.1, -0.05) is 24.3 Å². The molecule has 0 unspecified atom stereocenters. The van der Waals surface area contributed by atoms with E-state index in [1.807, 2.05) is 18.3 Å². The number of halogens is 4. The molecule has 0 bridgehead atoms. The Hall–Kier alpha value is -4.01. The van der Waals surface area contributed by atoms with Crippen molar-refractivity contribution in [2.45, 2.75) is 6.18 Å². The van der Waals surface area contributed by atoms with E-state index in [1.165, 1.54) is 0 Å². The van der Waals surface area contributed by atoms with Crippen molar-refractivity contribution in [1.29, 1.82) is 0 Å². The molecule has 4 aromatic rings. The third-order valence-electron chi connectivity index (χ3n) is 4.74. The molecule has 0 saturated carbocycles. The summed E-state index contributed by atoms with van der Waals surface area (Å²) in [7, 11) is 0. The minimum atomic E-state index is -4.65. The normalized spacial score (nSPS) is 11.5. The number of carbonyl (C=O) groups is 1. The molecule has 0 aliphatic rings. The molecule has 0 aliphatic carbocycles. The average Bonchev–Trinajstić information content (AvgIpc) is 3.15. The van der Waals surface area contributed by atoms with E-state index < -0.39 is 29.3 Å². The summed E-state index contributed by atoms with van der Waals surface area (Å²) in [6, 6.07) is 13.3. The monoisotopic (exact) mass is 428 g/mol. The van der Waals surface area contributed by atoms with E-state index in [4.69, 9.17) is 5.73 Å². The molecule has 5 N–H and O–H groups in total. The van der Waals surface area contributed by atoms with Gasteiger partial charge in [0.15, 0.2) is 0 Å². The van der Waals surface area contributed by atoms with Crippen LogP contribution in [0.3, 0.4) is 0 Å². The number of nitrogens with one attached hydrogen (secondary N) is 3. The number of aromatic amines is 1. The summed E-state index contributed by atoms with van der Waals surface area (Å²) in [6.45, 7) is 0. The highest BCUT2D eigenvalue weighted by atomic mass is 19.4. The average molecular weight is 428 g/mol. The van der Waals surface area contributed by atoms with Crippen molar-refractivity contribution in [3.8, 4) is 11.1 Å². The highest BCUT2D eigenvalue weighted by molar-refractivity contribution is 6.02. The smallest absolute Gasteiger partial charge is 0.397 e. The third-order valence-corrected chi connectivity index (χ3v) is 4.74. The molecule has 5 nitrogen and oxygen atoms in total. The zero-order valence-corrected chi connectivity index (χ0v) is 15.8. The van der Waals surface area contributed by atoms with Gasteiger partial charge in [-0.2, -0.15) is 13.2 Å². The first kappa shape index (κ1) is 20.3. The molecule has 31 heavy (non-hydrogen) atoms. The van der Waals surface area contributed by atoms with Crippen LogP contribution < -0.4 is 16.4 Å². The van der Waals surface area contributed by atoms with Crippen LogP contribution in [0.5, 0.6) is 0 Å². The van der Waals surface area contributed by atoms with E-state index in [-0.39, 0.29) is 0 Å². The van der Waals surface area contributed by atoms with Crippen LogP contribution in [0.15, 0.2) is 66.9 Å². The van der Waals surface area contributed by atoms with Crippen molar-refractivity contribution in [3.05, 3.63) is 78.2 Å². The molecule has 0 spiro atoms. The van der Waals surface area contributed by atoms with Gasteiger partial charge in [-0.15, -0.1) is 0 Å². The fraction of sp³-hybridized carbons (Fsp3) is 0.0455. The van der Waals surface area contributed by atoms with E-state index in [1.54, 1.807) is 30.3 Å². The fourth-order valence-corrected chi connectivity index (χ4v) is 3.23. The van der Waals surface area contributed by atoms with Crippen molar-refractivity contribution in [3.63, 3.8) is 0 Å². The Morgan fingerprint density at radius 2 is 1.71 bits per heavy atom. The number of H-pyrrole nitrogens is 1. The van der Waals surface area contributed by atoms with Crippen molar-refractivity contribution in [2.24, 2.45) is 0 Å². The van der Waals surface area contributed by atoms with Gasteiger partial charge in [-0.3, -0.25) is 0 Å². The highest BCUT2D eigenvalue weighted by Crippen LogP contribution is 2.33. The van der Waals surface area contributed by atoms with Gasteiger partial charge >= 0.3 is 12.2 Å². The lowest BCUT2D eigenvalue weighted by atomic mass is 10.0. The maximum atomic E-state index is 13.8. The molecule has 0 aliphatic heterocycles. The molecular formula is C22H16F4N4O. The van der Waals surface area contributed by atoms with Gasteiger partial charge in [0.05, 0.1) is 22.5 Å². The molecule has 1 aromatic heterocycles. The Morgan fingerprint density at radius 3 is 2.42 bits per heavy atom. The third kappa shape index (κ3) is 4.16. The van der Waals surface area contributed by atoms with Crippen LogP contribution in [0.4, 0.5) is 39.4 Å². The number of nitrogen functional groups attached to an aromatic ring is 1. The minimum absolute atomic E-state index is 0.382. The Bertz CT molecular complexity index is 1260. The molecule has 0 radical (unpaired) electrons. The van der Waals surface area contributed by atoms with Crippen LogP contribution in [0.1, 0.15) is 5.56 Å².